The zero-order valence-corrected chi connectivity index (χ0v) is 27.6. The van der Waals surface area contributed by atoms with Crippen molar-refractivity contribution in [3.8, 4) is 17.0 Å². The molecule has 268 valence electrons. The summed E-state index contributed by atoms with van der Waals surface area (Å²) in [5.41, 5.74) is 2.85. The first kappa shape index (κ1) is 35.5. The van der Waals surface area contributed by atoms with Crippen LogP contribution in [0.1, 0.15) is 22.8 Å². The van der Waals surface area contributed by atoms with E-state index in [1.807, 2.05) is 13.0 Å². The smallest absolute Gasteiger partial charge is 0.254 e. The number of imidazole rings is 1. The number of aromatic nitrogens is 3. The van der Waals surface area contributed by atoms with Gasteiger partial charge in [-0.1, -0.05) is 6.92 Å². The molecule has 2 saturated heterocycles. The average Bonchev–Trinajstić information content (AvgIpc) is 3.57. The second-order valence-electron chi connectivity index (χ2n) is 12.1. The minimum Gasteiger partial charge on any atom is -0.494 e. The molecule has 2 aliphatic heterocycles. The van der Waals surface area contributed by atoms with Crippen molar-refractivity contribution in [2.45, 2.75) is 44.1 Å². The van der Waals surface area contributed by atoms with Crippen LogP contribution < -0.4 is 10.1 Å². The topological polar surface area (TPSA) is 174 Å². The van der Waals surface area contributed by atoms with E-state index in [2.05, 4.69) is 20.2 Å². The summed E-state index contributed by atoms with van der Waals surface area (Å²) in [4.78, 5) is 26.3. The fraction of sp³-hybridized carbons (Fsp3) is 0.441. The Balaban J connectivity index is 1.07. The molecular formula is C34H40F2N6O8. The van der Waals surface area contributed by atoms with Crippen LogP contribution in [-0.4, -0.2) is 134 Å². The molecule has 0 spiro atoms. The number of hydrogen-bond acceptors (Lipinski definition) is 12. The largest absolute Gasteiger partial charge is 0.494 e. The van der Waals surface area contributed by atoms with Crippen molar-refractivity contribution in [2.75, 3.05) is 58.4 Å². The van der Waals surface area contributed by atoms with Crippen LogP contribution >= 0.6 is 0 Å². The Kier molecular flexibility index (Phi) is 10.9. The zero-order chi connectivity index (χ0) is 35.5. The third-order valence-electron chi connectivity index (χ3n) is 9.15. The molecule has 0 radical (unpaired) electrons. The summed E-state index contributed by atoms with van der Waals surface area (Å²) in [5.74, 6) is -2.03. The van der Waals surface area contributed by atoms with Gasteiger partial charge in [0.2, 0.25) is 5.82 Å². The molecule has 4 aromatic rings. The number of halogens is 2. The van der Waals surface area contributed by atoms with Crippen LogP contribution in [-0.2, 0) is 15.9 Å². The van der Waals surface area contributed by atoms with Crippen molar-refractivity contribution in [1.29, 1.82) is 0 Å². The summed E-state index contributed by atoms with van der Waals surface area (Å²) in [6.07, 6.45) is -1.45. The van der Waals surface area contributed by atoms with Gasteiger partial charge in [-0.2, -0.15) is 4.39 Å². The molecule has 14 nitrogen and oxygen atoms in total. The van der Waals surface area contributed by atoms with Crippen LogP contribution in [0.15, 0.2) is 48.9 Å². The molecule has 5 atom stereocenters. The van der Waals surface area contributed by atoms with E-state index in [0.29, 0.717) is 67.6 Å². The van der Waals surface area contributed by atoms with E-state index in [4.69, 9.17) is 14.2 Å². The zero-order valence-electron chi connectivity index (χ0n) is 27.6. The number of nitrogens with zero attached hydrogens (tertiary/aromatic N) is 5. The molecule has 2 fully saturated rings. The first-order valence-corrected chi connectivity index (χ1v) is 16.3. The van der Waals surface area contributed by atoms with E-state index in [-0.39, 0.29) is 23.8 Å². The number of aliphatic hydroxyl groups is 4. The van der Waals surface area contributed by atoms with E-state index >= 15 is 0 Å². The van der Waals surface area contributed by atoms with E-state index in [9.17, 15) is 34.0 Å². The SMILES string of the molecule is CCc1cc(Nc2nccn3c(-c4ccc(OC)c(F)c4F)cnc23)ccc1C(=O)N1CCN(CCO[C@@H]2O[C@H](CO)[C@H](O)[C@H](O)[C@H]2O)CC1. The van der Waals surface area contributed by atoms with Gasteiger partial charge in [0.15, 0.2) is 29.3 Å². The molecule has 6 rings (SSSR count). The summed E-state index contributed by atoms with van der Waals surface area (Å²) in [6, 6.07) is 8.23. The van der Waals surface area contributed by atoms with Gasteiger partial charge in [0.25, 0.3) is 5.91 Å². The Labute approximate surface area is 286 Å². The molecule has 2 aromatic carbocycles. The fourth-order valence-electron chi connectivity index (χ4n) is 6.25. The number of anilines is 2. The molecule has 0 aliphatic carbocycles. The van der Waals surface area contributed by atoms with E-state index < -0.39 is 48.9 Å². The van der Waals surface area contributed by atoms with Gasteiger partial charge < -0.3 is 44.9 Å². The Bertz CT molecular complexity index is 1820. The first-order chi connectivity index (χ1) is 24.1. The number of carbonyl (C=O) groups excluding carboxylic acids is 1. The molecule has 5 N–H and O–H groups in total. The lowest BCUT2D eigenvalue weighted by atomic mass is 9.99. The first-order valence-electron chi connectivity index (χ1n) is 16.3. The van der Waals surface area contributed by atoms with Crippen LogP contribution in [0, 0.1) is 11.6 Å². The van der Waals surface area contributed by atoms with Crippen LogP contribution in [0.25, 0.3) is 16.9 Å². The van der Waals surface area contributed by atoms with Crippen molar-refractivity contribution in [3.63, 3.8) is 0 Å². The van der Waals surface area contributed by atoms with Crippen molar-refractivity contribution < 1.29 is 48.2 Å². The van der Waals surface area contributed by atoms with E-state index in [1.165, 1.54) is 31.6 Å². The van der Waals surface area contributed by atoms with Gasteiger partial charge in [-0.15, -0.1) is 0 Å². The summed E-state index contributed by atoms with van der Waals surface area (Å²) >= 11 is 0. The van der Waals surface area contributed by atoms with Gasteiger partial charge >= 0.3 is 0 Å². The minimum atomic E-state index is -1.50. The van der Waals surface area contributed by atoms with Gasteiger partial charge in [-0.3, -0.25) is 14.1 Å². The summed E-state index contributed by atoms with van der Waals surface area (Å²) in [7, 11) is 1.27. The van der Waals surface area contributed by atoms with Gasteiger partial charge in [0, 0.05) is 61.9 Å². The molecule has 1 amide bonds. The van der Waals surface area contributed by atoms with Gasteiger partial charge in [-0.25, -0.2) is 14.4 Å². The number of amides is 1. The third kappa shape index (κ3) is 7.00. The summed E-state index contributed by atoms with van der Waals surface area (Å²) in [6.45, 7) is 4.28. The van der Waals surface area contributed by atoms with Crippen LogP contribution in [0.3, 0.4) is 0 Å². The second kappa shape index (κ2) is 15.3. The average molecular weight is 699 g/mol. The van der Waals surface area contributed by atoms with Crippen LogP contribution in [0.4, 0.5) is 20.3 Å². The number of aliphatic hydroxyl groups excluding tert-OH is 4. The number of hydrogen-bond donors (Lipinski definition) is 5. The number of piperazine rings is 1. The Morgan fingerprint density at radius 3 is 2.54 bits per heavy atom. The Morgan fingerprint density at radius 2 is 1.82 bits per heavy atom. The molecular weight excluding hydrogens is 658 g/mol. The van der Waals surface area contributed by atoms with Crippen molar-refractivity contribution in [1.82, 2.24) is 24.2 Å². The van der Waals surface area contributed by atoms with Gasteiger partial charge in [0.05, 0.1) is 32.2 Å². The highest BCUT2D eigenvalue weighted by atomic mass is 19.2. The normalized spacial score (nSPS) is 23.0. The quantitative estimate of drug-likeness (QED) is 0.153. The van der Waals surface area contributed by atoms with Crippen LogP contribution in [0.5, 0.6) is 5.75 Å². The standard InChI is InChI=1S/C34H40F2N6O8/c1-3-19-16-20(39-31-32-38-17-23(42(32)9-8-37-31)22-6-7-24(48-2)27(36)26(22)35)4-5-21(19)33(47)41-12-10-40(11-13-41)14-15-49-34-30(46)29(45)28(44)25(18-43)50-34/h4-9,16-17,25,28-30,34,43-46H,3,10-15,18H2,1-2H3,(H,37,39)/t25-,28+,29+,30-,34-/m1/s1. The number of nitrogens with one attached hydrogen (secondary N) is 1. The molecule has 4 heterocycles. The molecule has 50 heavy (non-hydrogen) atoms. The summed E-state index contributed by atoms with van der Waals surface area (Å²) in [5, 5.41) is 42.7. The second-order valence-corrected chi connectivity index (χ2v) is 12.1. The fourth-order valence-corrected chi connectivity index (χ4v) is 6.25. The number of ether oxygens (including phenoxy) is 3. The molecule has 2 aromatic heterocycles. The van der Waals surface area contributed by atoms with Gasteiger partial charge in [0.1, 0.15) is 24.4 Å². The van der Waals surface area contributed by atoms with E-state index in [1.54, 1.807) is 27.6 Å². The highest BCUT2D eigenvalue weighted by molar-refractivity contribution is 5.96. The lowest BCUT2D eigenvalue weighted by Crippen LogP contribution is -2.59. The molecule has 0 bridgehead atoms. The minimum absolute atomic E-state index is 0.0198. The monoisotopic (exact) mass is 698 g/mol. The van der Waals surface area contributed by atoms with Crippen molar-refractivity contribution in [2.24, 2.45) is 0 Å². The molecule has 2 aliphatic rings. The third-order valence-corrected chi connectivity index (χ3v) is 9.15. The highest BCUT2D eigenvalue weighted by Gasteiger charge is 2.44. The van der Waals surface area contributed by atoms with E-state index in [0.717, 1.165) is 5.56 Å². The lowest BCUT2D eigenvalue weighted by Gasteiger charge is -2.40. The number of aryl methyl sites for hydroxylation is 1. The number of benzene rings is 2. The number of fused-ring (bicyclic) bond motifs is 1. The van der Waals surface area contributed by atoms with Crippen LogP contribution in [0.2, 0.25) is 0 Å². The Hall–Kier alpha value is -4.29. The maximum Gasteiger partial charge on any atom is 0.254 e. The maximum absolute atomic E-state index is 14.9. The maximum atomic E-state index is 14.9. The number of rotatable bonds is 11. The summed E-state index contributed by atoms with van der Waals surface area (Å²) < 4.78 is 46.8. The van der Waals surface area contributed by atoms with Crippen molar-refractivity contribution in [3.05, 3.63) is 71.7 Å². The number of carbonyl (C=O) groups is 1. The lowest BCUT2D eigenvalue weighted by molar-refractivity contribution is -0.301. The van der Waals surface area contributed by atoms with Gasteiger partial charge in [-0.05, 0) is 42.3 Å². The Morgan fingerprint density at radius 1 is 1.04 bits per heavy atom. The molecule has 0 unspecified atom stereocenters. The predicted molar refractivity (Wildman–Crippen MR) is 176 cm³/mol. The number of methoxy groups -OCH3 is 1. The van der Waals surface area contributed by atoms with Crippen molar-refractivity contribution >= 4 is 23.1 Å². The highest BCUT2D eigenvalue weighted by Crippen LogP contribution is 2.32. The predicted octanol–water partition coefficient (Wildman–Crippen LogP) is 1.56. The molecule has 0 saturated carbocycles. The molecule has 16 heteroatoms.